The topological polar surface area (TPSA) is 118 Å². The minimum atomic E-state index is -2.50. The van der Waals surface area contributed by atoms with Crippen molar-refractivity contribution in [3.05, 3.63) is 71.2 Å². The zero-order chi connectivity index (χ0) is 24.8. The molecular weight excluding hydrogens is 399 g/mol. The van der Waals surface area contributed by atoms with Gasteiger partial charge in [-0.1, -0.05) is 12.1 Å². The van der Waals surface area contributed by atoms with Crippen LogP contribution >= 0.6 is 0 Å². The fraction of sp³-hybridized carbons (Fsp3) is 0.182. The fourth-order valence-electron chi connectivity index (χ4n) is 3.37. The van der Waals surface area contributed by atoms with Gasteiger partial charge in [0.2, 0.25) is 0 Å². The quantitative estimate of drug-likeness (QED) is 0.464. The van der Waals surface area contributed by atoms with E-state index in [-0.39, 0.29) is 23.0 Å². The van der Waals surface area contributed by atoms with Gasteiger partial charge in [-0.2, -0.15) is 0 Å². The third-order valence-electron chi connectivity index (χ3n) is 4.87. The predicted octanol–water partition coefficient (Wildman–Crippen LogP) is 3.11. The summed E-state index contributed by atoms with van der Waals surface area (Å²) < 4.78 is 38.5. The molecule has 0 saturated heterocycles. The molecule has 4 rings (SSSR count). The van der Waals surface area contributed by atoms with E-state index >= 15 is 0 Å². The summed E-state index contributed by atoms with van der Waals surface area (Å²) in [6, 6.07) is 8.20. The van der Waals surface area contributed by atoms with E-state index < -0.39 is 24.7 Å². The number of aliphatic hydroxyl groups excluding tert-OH is 1. The summed E-state index contributed by atoms with van der Waals surface area (Å²) in [7, 11) is 0. The van der Waals surface area contributed by atoms with Crippen LogP contribution in [0.5, 0.6) is 0 Å². The maximum absolute atomic E-state index is 13.4. The molecule has 0 aliphatic rings. The van der Waals surface area contributed by atoms with Crippen LogP contribution in [0.2, 0.25) is 0 Å². The molecule has 3 aromatic heterocycles. The summed E-state index contributed by atoms with van der Waals surface area (Å²) in [6.07, 6.45) is -0.123. The average Bonchev–Trinajstić information content (AvgIpc) is 3.18. The monoisotopic (exact) mass is 423 g/mol. The van der Waals surface area contributed by atoms with Gasteiger partial charge in [-0.3, -0.25) is 9.20 Å². The number of anilines is 2. The van der Waals surface area contributed by atoms with Crippen molar-refractivity contribution in [2.24, 2.45) is 0 Å². The lowest BCUT2D eigenvalue weighted by molar-refractivity contribution is -0.124. The number of aryl methyl sites for hydroxylation is 3. The minimum Gasteiger partial charge on any atom is -0.382 e. The molecule has 4 N–H and O–H groups in total. The van der Waals surface area contributed by atoms with Crippen molar-refractivity contribution in [3.63, 3.8) is 0 Å². The highest BCUT2D eigenvalue weighted by molar-refractivity contribution is 5.94. The number of carbonyl (C=O) groups is 1. The molecule has 31 heavy (non-hydrogen) atoms. The highest BCUT2D eigenvalue weighted by Gasteiger charge is 2.20. The van der Waals surface area contributed by atoms with E-state index in [4.69, 9.17) is 9.85 Å². The van der Waals surface area contributed by atoms with Crippen LogP contribution in [0.25, 0.3) is 16.8 Å². The maximum atomic E-state index is 13.4. The number of halogens is 1. The highest BCUT2D eigenvalue weighted by atomic mass is 19.1. The molecule has 0 radical (unpaired) electrons. The Morgan fingerprint density at radius 2 is 2.10 bits per heavy atom. The number of amides is 1. The SMILES string of the molecule is [2H]C([2H])([2H])c1nc(-c2ccc(NC(=O)C(O)c3cccc(F)c3)nc2C)c2c(N)ncc(C)n12. The molecule has 1 aromatic carbocycles. The van der Waals surface area contributed by atoms with Crippen molar-refractivity contribution >= 4 is 23.1 Å². The van der Waals surface area contributed by atoms with Crippen LogP contribution in [-0.2, 0) is 4.79 Å². The molecule has 0 fully saturated rings. The van der Waals surface area contributed by atoms with Crippen molar-refractivity contribution in [2.75, 3.05) is 11.1 Å². The molecule has 4 aromatic rings. The molecule has 9 heteroatoms. The number of aromatic nitrogens is 4. The second kappa shape index (κ2) is 7.77. The Hall–Kier alpha value is -3.85. The van der Waals surface area contributed by atoms with Gasteiger partial charge >= 0.3 is 0 Å². The lowest BCUT2D eigenvalue weighted by Crippen LogP contribution is -2.21. The van der Waals surface area contributed by atoms with Gasteiger partial charge in [-0.05, 0) is 50.5 Å². The lowest BCUT2D eigenvalue weighted by Gasteiger charge is -2.13. The second-order valence-corrected chi connectivity index (χ2v) is 7.03. The van der Waals surface area contributed by atoms with Gasteiger partial charge in [0.05, 0.1) is 0 Å². The van der Waals surface area contributed by atoms with E-state index in [2.05, 4.69) is 20.3 Å². The zero-order valence-electron chi connectivity index (χ0n) is 19.7. The molecule has 1 amide bonds. The standard InChI is InChI=1S/C22H21FN6O2/c1-11-10-25-21(24)19-18(27-13(3)29(11)19)16-7-8-17(26-12(16)2)28-22(31)20(30)14-5-4-6-15(23)9-14/h4-10,20,30H,1-3H3,(H2,24,25)(H,26,28,31)/i3D3. The molecule has 1 atom stereocenters. The average molecular weight is 423 g/mol. The van der Waals surface area contributed by atoms with Crippen LogP contribution in [0.3, 0.4) is 0 Å². The molecule has 1 unspecified atom stereocenters. The Morgan fingerprint density at radius 1 is 1.29 bits per heavy atom. The molecule has 3 heterocycles. The predicted molar refractivity (Wildman–Crippen MR) is 115 cm³/mol. The lowest BCUT2D eigenvalue weighted by atomic mass is 10.1. The van der Waals surface area contributed by atoms with Crippen LogP contribution in [0.15, 0.2) is 42.6 Å². The Morgan fingerprint density at radius 3 is 2.81 bits per heavy atom. The number of benzene rings is 1. The van der Waals surface area contributed by atoms with E-state index in [1.54, 1.807) is 19.9 Å². The van der Waals surface area contributed by atoms with Crippen molar-refractivity contribution < 1.29 is 18.4 Å². The van der Waals surface area contributed by atoms with Gasteiger partial charge in [0, 0.05) is 27.3 Å². The van der Waals surface area contributed by atoms with E-state index in [1.807, 2.05) is 0 Å². The molecule has 8 nitrogen and oxygen atoms in total. The molecule has 158 valence electrons. The third kappa shape index (κ3) is 3.71. The highest BCUT2D eigenvalue weighted by Crippen LogP contribution is 2.31. The van der Waals surface area contributed by atoms with Crippen LogP contribution in [-0.4, -0.2) is 30.4 Å². The number of hydrogen-bond acceptors (Lipinski definition) is 6. The van der Waals surface area contributed by atoms with Gasteiger partial charge in [-0.15, -0.1) is 0 Å². The number of aliphatic hydroxyl groups is 1. The second-order valence-electron chi connectivity index (χ2n) is 7.03. The minimum absolute atomic E-state index is 0.103. The number of carbonyl (C=O) groups excluding carboxylic acids is 1. The van der Waals surface area contributed by atoms with E-state index in [0.29, 0.717) is 28.2 Å². The van der Waals surface area contributed by atoms with Crippen LogP contribution in [0.4, 0.5) is 16.0 Å². The first-order valence-electron chi connectivity index (χ1n) is 10.8. The van der Waals surface area contributed by atoms with Gasteiger partial charge in [0.1, 0.15) is 34.5 Å². The number of nitrogen functional groups attached to an aromatic ring is 1. The van der Waals surface area contributed by atoms with Crippen molar-refractivity contribution in [1.29, 1.82) is 0 Å². The Kier molecular flexibility index (Phi) is 4.23. The Bertz CT molecular complexity index is 1420. The molecule has 0 spiro atoms. The first-order valence-corrected chi connectivity index (χ1v) is 9.34. The number of rotatable bonds is 4. The van der Waals surface area contributed by atoms with Crippen LogP contribution in [0, 0.1) is 26.5 Å². The van der Waals surface area contributed by atoms with Crippen molar-refractivity contribution in [1.82, 2.24) is 19.4 Å². The molecule has 0 saturated carbocycles. The normalized spacial score (nSPS) is 14.0. The third-order valence-corrected chi connectivity index (χ3v) is 4.87. The van der Waals surface area contributed by atoms with Crippen LogP contribution < -0.4 is 11.1 Å². The molecule has 0 bridgehead atoms. The Labute approximate surface area is 181 Å². The Balaban J connectivity index is 1.71. The number of imidazole rings is 1. The van der Waals surface area contributed by atoms with Gasteiger partial charge in [0.25, 0.3) is 5.91 Å². The summed E-state index contributed by atoms with van der Waals surface area (Å²) in [5.74, 6) is -1.26. The van der Waals surface area contributed by atoms with Gasteiger partial charge in [-0.25, -0.2) is 19.3 Å². The number of fused-ring (bicyclic) bond motifs is 1. The zero-order valence-corrected chi connectivity index (χ0v) is 16.7. The summed E-state index contributed by atoms with van der Waals surface area (Å²) >= 11 is 0. The van der Waals surface area contributed by atoms with Gasteiger partial charge < -0.3 is 16.2 Å². The van der Waals surface area contributed by atoms with Crippen LogP contribution in [0.1, 0.15) is 33.0 Å². The number of nitrogens with one attached hydrogen (secondary N) is 1. The van der Waals surface area contributed by atoms with E-state index in [1.165, 1.54) is 34.9 Å². The van der Waals surface area contributed by atoms with Crippen molar-refractivity contribution in [2.45, 2.75) is 26.8 Å². The van der Waals surface area contributed by atoms with E-state index in [0.717, 1.165) is 6.07 Å². The smallest absolute Gasteiger partial charge is 0.258 e. The molecule has 0 aliphatic heterocycles. The summed E-state index contributed by atoms with van der Waals surface area (Å²) in [4.78, 5) is 25.3. The maximum Gasteiger partial charge on any atom is 0.258 e. The summed E-state index contributed by atoms with van der Waals surface area (Å²) in [5.41, 5.74) is 8.29. The number of nitrogens with zero attached hydrogens (tertiary/aromatic N) is 4. The van der Waals surface area contributed by atoms with Gasteiger partial charge in [0.15, 0.2) is 6.10 Å². The first kappa shape index (κ1) is 16.9. The number of pyridine rings is 1. The summed E-state index contributed by atoms with van der Waals surface area (Å²) in [5, 5.41) is 12.7. The fourth-order valence-corrected chi connectivity index (χ4v) is 3.37. The first-order chi connectivity index (χ1) is 16.0. The summed E-state index contributed by atoms with van der Waals surface area (Å²) in [6.45, 7) is 0.864. The molecular formula is C22H21FN6O2. The number of nitrogens with two attached hydrogens (primary N) is 1. The van der Waals surface area contributed by atoms with Crippen molar-refractivity contribution in [3.8, 4) is 11.3 Å². The molecule has 0 aliphatic carbocycles. The van der Waals surface area contributed by atoms with E-state index in [9.17, 15) is 14.3 Å². The largest absolute Gasteiger partial charge is 0.382 e. The number of hydrogen-bond donors (Lipinski definition) is 3.